The van der Waals surface area contributed by atoms with Crippen LogP contribution in [0.15, 0.2) is 24.4 Å². The molecule has 1 saturated carbocycles. The molecule has 0 amide bonds. The summed E-state index contributed by atoms with van der Waals surface area (Å²) in [5.74, 6) is 0.843. The van der Waals surface area contributed by atoms with Gasteiger partial charge in [0, 0.05) is 24.2 Å². The lowest BCUT2D eigenvalue weighted by molar-refractivity contribution is 0.537. The van der Waals surface area contributed by atoms with Gasteiger partial charge >= 0.3 is 0 Å². The van der Waals surface area contributed by atoms with Crippen LogP contribution < -0.4 is 5.32 Å². The Morgan fingerprint density at radius 1 is 1.41 bits per heavy atom. The molecule has 1 unspecified atom stereocenters. The molecule has 0 bridgehead atoms. The van der Waals surface area contributed by atoms with E-state index in [9.17, 15) is 0 Å². The van der Waals surface area contributed by atoms with Crippen molar-refractivity contribution in [1.29, 1.82) is 0 Å². The molecule has 1 N–H and O–H groups in total. The summed E-state index contributed by atoms with van der Waals surface area (Å²) in [7, 11) is 4.02. The van der Waals surface area contributed by atoms with Gasteiger partial charge in [0.05, 0.1) is 4.88 Å². The van der Waals surface area contributed by atoms with Crippen LogP contribution in [0.1, 0.15) is 23.8 Å². The predicted molar refractivity (Wildman–Crippen MR) is 71.0 cm³/mol. The second kappa shape index (κ2) is 4.27. The third-order valence-corrected chi connectivity index (χ3v) is 4.49. The first-order chi connectivity index (χ1) is 8.28. The monoisotopic (exact) mass is 247 g/mol. The molecular weight excluding hydrogens is 230 g/mol. The Kier molecular flexibility index (Phi) is 2.76. The maximum Gasteiger partial charge on any atom is 0.102 e. The van der Waals surface area contributed by atoms with Crippen molar-refractivity contribution in [3.05, 3.63) is 29.3 Å². The molecule has 0 aromatic carbocycles. The molecule has 1 fully saturated rings. The van der Waals surface area contributed by atoms with Gasteiger partial charge in [-0.2, -0.15) is 5.10 Å². The van der Waals surface area contributed by atoms with E-state index in [0.717, 1.165) is 11.6 Å². The highest BCUT2D eigenvalue weighted by molar-refractivity contribution is 7.15. The van der Waals surface area contributed by atoms with Gasteiger partial charge in [-0.15, -0.1) is 11.3 Å². The number of hydrogen-bond acceptors (Lipinski definition) is 3. The van der Waals surface area contributed by atoms with Gasteiger partial charge in [0.2, 0.25) is 0 Å². The maximum absolute atomic E-state index is 4.45. The van der Waals surface area contributed by atoms with E-state index < -0.39 is 0 Å². The Morgan fingerprint density at radius 3 is 2.82 bits per heavy atom. The number of nitrogens with zero attached hydrogens (tertiary/aromatic N) is 2. The van der Waals surface area contributed by atoms with Crippen molar-refractivity contribution in [3.8, 4) is 10.6 Å². The van der Waals surface area contributed by atoms with Crippen LogP contribution in [0.3, 0.4) is 0 Å². The molecule has 4 heteroatoms. The van der Waals surface area contributed by atoms with Crippen LogP contribution in [-0.4, -0.2) is 16.8 Å². The Balaban J connectivity index is 1.86. The van der Waals surface area contributed by atoms with Crippen molar-refractivity contribution in [2.75, 3.05) is 7.05 Å². The molecule has 0 saturated heterocycles. The van der Waals surface area contributed by atoms with Crippen LogP contribution in [0.25, 0.3) is 10.6 Å². The zero-order valence-electron chi connectivity index (χ0n) is 10.2. The molecule has 0 aliphatic heterocycles. The van der Waals surface area contributed by atoms with Crippen molar-refractivity contribution < 1.29 is 0 Å². The van der Waals surface area contributed by atoms with Crippen molar-refractivity contribution in [1.82, 2.24) is 15.1 Å². The summed E-state index contributed by atoms with van der Waals surface area (Å²) in [4.78, 5) is 2.71. The molecule has 1 aliphatic rings. The number of aryl methyl sites for hydroxylation is 1. The van der Waals surface area contributed by atoms with E-state index in [2.05, 4.69) is 35.7 Å². The molecule has 2 aromatic heterocycles. The van der Waals surface area contributed by atoms with E-state index in [4.69, 9.17) is 0 Å². The minimum atomic E-state index is 0.539. The molecule has 3 rings (SSSR count). The minimum absolute atomic E-state index is 0.539. The Bertz CT molecular complexity index is 510. The van der Waals surface area contributed by atoms with Crippen molar-refractivity contribution in [2.45, 2.75) is 18.9 Å². The number of rotatable bonds is 4. The van der Waals surface area contributed by atoms with Gasteiger partial charge < -0.3 is 5.32 Å². The zero-order valence-corrected chi connectivity index (χ0v) is 11.0. The van der Waals surface area contributed by atoms with Gasteiger partial charge in [-0.1, -0.05) is 0 Å². The van der Waals surface area contributed by atoms with E-state index in [1.165, 1.54) is 22.6 Å². The molecule has 3 nitrogen and oxygen atoms in total. The summed E-state index contributed by atoms with van der Waals surface area (Å²) in [6.45, 7) is 0. The summed E-state index contributed by atoms with van der Waals surface area (Å²) >= 11 is 1.86. The quantitative estimate of drug-likeness (QED) is 0.900. The Hall–Kier alpha value is -1.13. The second-order valence-electron chi connectivity index (χ2n) is 4.68. The van der Waals surface area contributed by atoms with Gasteiger partial charge in [-0.3, -0.25) is 4.68 Å². The summed E-state index contributed by atoms with van der Waals surface area (Å²) in [5, 5.41) is 7.88. The van der Waals surface area contributed by atoms with E-state index in [-0.39, 0.29) is 0 Å². The molecule has 1 atom stereocenters. The van der Waals surface area contributed by atoms with Crippen LogP contribution in [-0.2, 0) is 7.05 Å². The van der Waals surface area contributed by atoms with Crippen LogP contribution in [0.5, 0.6) is 0 Å². The lowest BCUT2D eigenvalue weighted by Crippen LogP contribution is -2.16. The fourth-order valence-electron chi connectivity index (χ4n) is 2.24. The fraction of sp³-hybridized carbons (Fsp3) is 0.462. The van der Waals surface area contributed by atoms with Crippen LogP contribution >= 0.6 is 11.3 Å². The Morgan fingerprint density at radius 2 is 2.24 bits per heavy atom. The van der Waals surface area contributed by atoms with Gasteiger partial charge in [0.25, 0.3) is 0 Å². The van der Waals surface area contributed by atoms with Crippen molar-refractivity contribution >= 4 is 11.3 Å². The number of hydrogen-bond donors (Lipinski definition) is 1. The van der Waals surface area contributed by atoms with Gasteiger partial charge in [-0.05, 0) is 44.0 Å². The SMILES string of the molecule is CNC(c1ccc(-c2ccn(C)n2)s1)C1CC1. The van der Waals surface area contributed by atoms with Crippen LogP contribution in [0, 0.1) is 5.92 Å². The van der Waals surface area contributed by atoms with Crippen molar-refractivity contribution in [2.24, 2.45) is 13.0 Å². The smallest absolute Gasteiger partial charge is 0.102 e. The topological polar surface area (TPSA) is 29.9 Å². The molecule has 1 aliphatic carbocycles. The van der Waals surface area contributed by atoms with Crippen LogP contribution in [0.4, 0.5) is 0 Å². The first-order valence-corrected chi connectivity index (χ1v) is 6.86. The highest BCUT2D eigenvalue weighted by Crippen LogP contribution is 2.43. The van der Waals surface area contributed by atoms with Crippen molar-refractivity contribution in [3.63, 3.8) is 0 Å². The predicted octanol–water partition coefficient (Wildman–Crippen LogP) is 2.82. The number of nitrogens with one attached hydrogen (secondary N) is 1. The van der Waals surface area contributed by atoms with Gasteiger partial charge in [0.1, 0.15) is 5.69 Å². The first kappa shape index (κ1) is 11.0. The third-order valence-electron chi connectivity index (χ3n) is 3.30. The normalized spacial score (nSPS) is 17.3. The maximum atomic E-state index is 4.45. The molecule has 0 spiro atoms. The second-order valence-corrected chi connectivity index (χ2v) is 5.80. The molecule has 0 radical (unpaired) electrons. The fourth-order valence-corrected chi connectivity index (χ4v) is 3.42. The largest absolute Gasteiger partial charge is 0.312 e. The summed E-state index contributed by atoms with van der Waals surface area (Å²) < 4.78 is 1.85. The molecular formula is C13H17N3S. The average Bonchev–Trinajstić information content (AvgIpc) is 2.87. The molecule has 17 heavy (non-hydrogen) atoms. The summed E-state index contributed by atoms with van der Waals surface area (Å²) in [6, 6.07) is 7.04. The molecule has 2 aromatic rings. The summed E-state index contributed by atoms with van der Waals surface area (Å²) in [6.07, 6.45) is 4.72. The standard InChI is InChI=1S/C13H17N3S/c1-14-13(9-3-4-9)12-6-5-11(17-12)10-7-8-16(2)15-10/h5-9,13-14H,3-4H2,1-2H3. The van der Waals surface area contributed by atoms with E-state index in [0.29, 0.717) is 6.04 Å². The first-order valence-electron chi connectivity index (χ1n) is 6.05. The molecule has 2 heterocycles. The Labute approximate surface area is 105 Å². The zero-order chi connectivity index (χ0) is 11.8. The minimum Gasteiger partial charge on any atom is -0.312 e. The highest BCUT2D eigenvalue weighted by atomic mass is 32.1. The van der Waals surface area contributed by atoms with Gasteiger partial charge in [0.15, 0.2) is 0 Å². The lowest BCUT2D eigenvalue weighted by Gasteiger charge is -2.12. The lowest BCUT2D eigenvalue weighted by atomic mass is 10.1. The summed E-state index contributed by atoms with van der Waals surface area (Å²) in [5.41, 5.74) is 1.08. The third kappa shape index (κ3) is 2.15. The molecule has 90 valence electrons. The highest BCUT2D eigenvalue weighted by Gasteiger charge is 2.32. The number of aromatic nitrogens is 2. The van der Waals surface area contributed by atoms with Gasteiger partial charge in [-0.25, -0.2) is 0 Å². The van der Waals surface area contributed by atoms with E-state index in [1.807, 2.05) is 29.3 Å². The van der Waals surface area contributed by atoms with E-state index >= 15 is 0 Å². The van der Waals surface area contributed by atoms with Crippen LogP contribution in [0.2, 0.25) is 0 Å². The average molecular weight is 247 g/mol. The number of thiophene rings is 1. The van der Waals surface area contributed by atoms with E-state index in [1.54, 1.807) is 0 Å².